The molecule has 9 heteroatoms. The fourth-order valence-electron chi connectivity index (χ4n) is 5.13. The van der Waals surface area contributed by atoms with Crippen LogP contribution in [0.1, 0.15) is 78.3 Å². The first kappa shape index (κ1) is 28.4. The van der Waals surface area contributed by atoms with E-state index in [9.17, 15) is 9.59 Å². The summed E-state index contributed by atoms with van der Waals surface area (Å²) in [5, 5.41) is 3.99. The van der Waals surface area contributed by atoms with Crippen molar-refractivity contribution in [2.45, 2.75) is 85.4 Å². The predicted octanol–water partition coefficient (Wildman–Crippen LogP) is 6.50. The Balaban J connectivity index is 1.47. The van der Waals surface area contributed by atoms with Gasteiger partial charge in [-0.25, -0.2) is 19.1 Å². The first-order chi connectivity index (χ1) is 19.2. The summed E-state index contributed by atoms with van der Waals surface area (Å²) in [7, 11) is 0. The van der Waals surface area contributed by atoms with Crippen molar-refractivity contribution in [3.05, 3.63) is 76.0 Å². The molecule has 0 saturated carbocycles. The second-order valence-corrected chi connectivity index (χ2v) is 13.1. The van der Waals surface area contributed by atoms with E-state index in [1.54, 1.807) is 22.0 Å². The number of rotatable bonds is 4. The van der Waals surface area contributed by atoms with Crippen LogP contribution in [0.15, 0.2) is 53.6 Å². The highest BCUT2D eigenvalue weighted by molar-refractivity contribution is 5.83. The number of amides is 1. The molecule has 1 amide bonds. The van der Waals surface area contributed by atoms with Gasteiger partial charge in [-0.2, -0.15) is 0 Å². The van der Waals surface area contributed by atoms with Crippen molar-refractivity contribution in [3.63, 3.8) is 0 Å². The molecule has 1 aliphatic rings. The molecule has 0 saturated heterocycles. The predicted molar refractivity (Wildman–Crippen MR) is 162 cm³/mol. The quantitative estimate of drug-likeness (QED) is 0.308. The number of nitrogens with zero attached hydrogens (tertiary/aromatic N) is 5. The van der Waals surface area contributed by atoms with Crippen LogP contribution in [0.2, 0.25) is 0 Å². The monoisotopic (exact) mass is 556 g/mol. The Morgan fingerprint density at radius 3 is 2.44 bits per heavy atom. The van der Waals surface area contributed by atoms with Crippen molar-refractivity contribution in [2.75, 3.05) is 11.9 Å². The van der Waals surface area contributed by atoms with E-state index in [-0.39, 0.29) is 23.1 Å². The van der Waals surface area contributed by atoms with Crippen molar-refractivity contribution in [1.82, 2.24) is 24.2 Å². The van der Waals surface area contributed by atoms with Crippen molar-refractivity contribution >= 4 is 28.5 Å². The maximum absolute atomic E-state index is 13.5. The van der Waals surface area contributed by atoms with Gasteiger partial charge >= 0.3 is 6.09 Å². The van der Waals surface area contributed by atoms with E-state index >= 15 is 0 Å². The molecule has 0 bridgehead atoms. The fourth-order valence-corrected chi connectivity index (χ4v) is 5.13. The minimum Gasteiger partial charge on any atom is -0.444 e. The van der Waals surface area contributed by atoms with Crippen LogP contribution < -0.4 is 10.9 Å². The van der Waals surface area contributed by atoms with Gasteiger partial charge in [0.05, 0.1) is 16.6 Å². The number of nitrogens with one attached hydrogen (secondary N) is 1. The zero-order valence-electron chi connectivity index (χ0n) is 25.3. The Hall–Kier alpha value is -4.14. The molecule has 41 heavy (non-hydrogen) atoms. The summed E-state index contributed by atoms with van der Waals surface area (Å²) in [4.78, 5) is 36.9. The SMILES string of the molecule is CC(C)n1c(=O)c2cnc(Nc3ccc4c(c3)CCN(C(=O)OC(C)(C)C)C4)cc2n1-c1ccnc(C(C)(C)C)c1. The molecular formula is C32H40N6O3. The van der Waals surface area contributed by atoms with Crippen LogP contribution >= 0.6 is 0 Å². The van der Waals surface area contributed by atoms with E-state index < -0.39 is 5.60 Å². The van der Waals surface area contributed by atoms with Gasteiger partial charge in [0, 0.05) is 54.4 Å². The van der Waals surface area contributed by atoms with Crippen molar-refractivity contribution in [1.29, 1.82) is 0 Å². The lowest BCUT2D eigenvalue weighted by molar-refractivity contribution is 0.0224. The van der Waals surface area contributed by atoms with Crippen molar-refractivity contribution in [3.8, 4) is 5.69 Å². The molecule has 9 nitrogen and oxygen atoms in total. The molecular weight excluding hydrogens is 516 g/mol. The first-order valence-electron chi connectivity index (χ1n) is 14.2. The lowest BCUT2D eigenvalue weighted by Gasteiger charge is -2.31. The van der Waals surface area contributed by atoms with Gasteiger partial charge < -0.3 is 15.0 Å². The van der Waals surface area contributed by atoms with E-state index in [2.05, 4.69) is 48.2 Å². The van der Waals surface area contributed by atoms with Gasteiger partial charge in [-0.1, -0.05) is 26.8 Å². The smallest absolute Gasteiger partial charge is 0.410 e. The number of hydrogen-bond donors (Lipinski definition) is 1. The van der Waals surface area contributed by atoms with Gasteiger partial charge in [0.1, 0.15) is 11.4 Å². The van der Waals surface area contributed by atoms with Crippen LogP contribution in [-0.4, -0.2) is 42.5 Å². The maximum atomic E-state index is 13.5. The summed E-state index contributed by atoms with van der Waals surface area (Å²) in [6.07, 6.45) is 3.91. The molecule has 5 rings (SSSR count). The third kappa shape index (κ3) is 5.85. The Labute approximate surface area is 241 Å². The zero-order chi connectivity index (χ0) is 29.7. The van der Waals surface area contributed by atoms with Crippen LogP contribution in [0.3, 0.4) is 0 Å². The lowest BCUT2D eigenvalue weighted by atomic mass is 9.91. The van der Waals surface area contributed by atoms with Crippen molar-refractivity contribution < 1.29 is 9.53 Å². The second kappa shape index (κ2) is 10.4. The molecule has 3 aromatic heterocycles. The maximum Gasteiger partial charge on any atom is 0.410 e. The standard InChI is InChI=1S/C32H40N6O3/c1-20(2)37-29(39)25-18-34-28(17-26(25)38(37)24-11-13-33-27(16-24)31(3,4)5)35-23-10-9-22-19-36(14-12-21(22)15-23)30(40)41-32(6,7)8/h9-11,13,15-18,20H,12,14,19H2,1-8H3,(H,34,35). The van der Waals surface area contributed by atoms with Crippen LogP contribution in [0.4, 0.5) is 16.3 Å². The number of benzene rings is 1. The molecule has 0 unspecified atom stereocenters. The Bertz CT molecular complexity index is 1670. The summed E-state index contributed by atoms with van der Waals surface area (Å²) in [6.45, 7) is 17.2. The van der Waals surface area contributed by atoms with E-state index in [0.717, 1.165) is 34.6 Å². The van der Waals surface area contributed by atoms with Crippen LogP contribution in [0, 0.1) is 0 Å². The van der Waals surface area contributed by atoms with Gasteiger partial charge in [0.2, 0.25) is 0 Å². The molecule has 0 aliphatic carbocycles. The van der Waals surface area contributed by atoms with Crippen molar-refractivity contribution in [2.24, 2.45) is 0 Å². The summed E-state index contributed by atoms with van der Waals surface area (Å²) >= 11 is 0. The third-order valence-corrected chi connectivity index (χ3v) is 7.15. The molecule has 0 atom stereocenters. The largest absolute Gasteiger partial charge is 0.444 e. The minimum absolute atomic E-state index is 0.0570. The Kier molecular flexibility index (Phi) is 7.17. The lowest BCUT2D eigenvalue weighted by Crippen LogP contribution is -2.39. The molecule has 216 valence electrons. The molecule has 4 aromatic rings. The topological polar surface area (TPSA) is 94.3 Å². The minimum atomic E-state index is -0.521. The van der Waals surface area contributed by atoms with Crippen LogP contribution in [0.25, 0.3) is 16.6 Å². The van der Waals surface area contributed by atoms with Gasteiger partial charge in [-0.15, -0.1) is 0 Å². The first-order valence-corrected chi connectivity index (χ1v) is 14.2. The van der Waals surface area contributed by atoms with Gasteiger partial charge in [0.15, 0.2) is 0 Å². The van der Waals surface area contributed by atoms with Crippen LogP contribution in [0.5, 0.6) is 0 Å². The van der Waals surface area contributed by atoms with Gasteiger partial charge in [-0.05, 0) is 76.4 Å². The highest BCUT2D eigenvalue weighted by atomic mass is 16.6. The number of anilines is 2. The molecule has 1 N–H and O–H groups in total. The third-order valence-electron chi connectivity index (χ3n) is 7.15. The van der Waals surface area contributed by atoms with Crippen LogP contribution in [-0.2, 0) is 23.1 Å². The van der Waals surface area contributed by atoms with E-state index in [1.807, 2.05) is 63.6 Å². The van der Waals surface area contributed by atoms with Gasteiger partial charge in [0.25, 0.3) is 5.56 Å². The number of fused-ring (bicyclic) bond motifs is 2. The summed E-state index contributed by atoms with van der Waals surface area (Å²) in [6, 6.07) is 12.0. The van der Waals surface area contributed by atoms with E-state index in [4.69, 9.17) is 4.74 Å². The fraction of sp³-hybridized carbons (Fsp3) is 0.438. The normalized spacial score (nSPS) is 13.9. The molecule has 0 fully saturated rings. The number of hydrogen-bond acceptors (Lipinski definition) is 6. The zero-order valence-corrected chi connectivity index (χ0v) is 25.3. The summed E-state index contributed by atoms with van der Waals surface area (Å²) < 4.78 is 9.30. The second-order valence-electron chi connectivity index (χ2n) is 13.1. The molecule has 0 radical (unpaired) electrons. The number of pyridine rings is 2. The Morgan fingerprint density at radius 1 is 1.00 bits per heavy atom. The molecule has 4 heterocycles. The van der Waals surface area contributed by atoms with E-state index in [0.29, 0.717) is 24.3 Å². The van der Waals surface area contributed by atoms with Gasteiger partial charge in [-0.3, -0.25) is 9.78 Å². The van der Waals surface area contributed by atoms with E-state index in [1.165, 1.54) is 5.56 Å². The highest BCUT2D eigenvalue weighted by Crippen LogP contribution is 2.28. The molecule has 1 aromatic carbocycles. The summed E-state index contributed by atoms with van der Waals surface area (Å²) in [5.41, 5.74) is 5.07. The summed E-state index contributed by atoms with van der Waals surface area (Å²) in [5.74, 6) is 0.642. The Morgan fingerprint density at radius 2 is 1.76 bits per heavy atom. The molecule has 1 aliphatic heterocycles. The highest BCUT2D eigenvalue weighted by Gasteiger charge is 2.26. The molecule has 0 spiro atoms. The number of carbonyl (C=O) groups excluding carboxylic acids is 1. The number of carbonyl (C=O) groups is 1. The average molecular weight is 557 g/mol. The number of ether oxygens (including phenoxy) is 1. The average Bonchev–Trinajstić information content (AvgIpc) is 3.18. The number of aromatic nitrogens is 4.